The Morgan fingerprint density at radius 1 is 1.25 bits per heavy atom. The van der Waals surface area contributed by atoms with Gasteiger partial charge >= 0.3 is 5.97 Å². The van der Waals surface area contributed by atoms with E-state index in [4.69, 9.17) is 4.74 Å². The maximum atomic E-state index is 13.5. The summed E-state index contributed by atoms with van der Waals surface area (Å²) in [5.41, 5.74) is -1.05. The maximum absolute atomic E-state index is 13.5. The summed E-state index contributed by atoms with van der Waals surface area (Å²) in [5, 5.41) is 9.44. The molecule has 1 unspecified atom stereocenters. The first-order valence-electron chi connectivity index (χ1n) is 7.99. The van der Waals surface area contributed by atoms with Gasteiger partial charge in [0.05, 0.1) is 6.61 Å². The first-order valence-corrected chi connectivity index (χ1v) is 7.99. The highest BCUT2D eigenvalue weighted by molar-refractivity contribution is 5.97. The van der Waals surface area contributed by atoms with Crippen LogP contribution >= 0.6 is 0 Å². The third-order valence-corrected chi connectivity index (χ3v) is 4.99. The smallest absolute Gasteiger partial charge is 0.328 e. The lowest BCUT2D eigenvalue weighted by atomic mass is 9.83. The number of hydrogen-bond acceptors (Lipinski definition) is 3. The number of ether oxygens (including phenoxy) is 1. The van der Waals surface area contributed by atoms with Crippen LogP contribution in [0.3, 0.4) is 0 Å². The first kappa shape index (κ1) is 16.8. The molecule has 1 amide bonds. The Balaban J connectivity index is 1.96. The normalized spacial score (nSPS) is 29.9. The molecule has 0 bridgehead atoms. The van der Waals surface area contributed by atoms with E-state index in [0.29, 0.717) is 18.8 Å². The molecule has 1 spiro atoms. The highest BCUT2D eigenvalue weighted by Crippen LogP contribution is 2.43. The van der Waals surface area contributed by atoms with E-state index in [1.807, 2.05) is 0 Å². The number of benzene rings is 1. The van der Waals surface area contributed by atoms with Gasteiger partial charge in [0, 0.05) is 5.56 Å². The van der Waals surface area contributed by atoms with Crippen molar-refractivity contribution in [3.63, 3.8) is 0 Å². The van der Waals surface area contributed by atoms with Gasteiger partial charge in [0.25, 0.3) is 5.91 Å². The SMILES string of the molecule is CC1CCC2(CC1)OCC(C(=O)O)N2C(=O)c1ccc(F)c(F)c1. The molecule has 7 heteroatoms. The first-order chi connectivity index (χ1) is 11.3. The number of carboxylic acid groups (broad SMARTS) is 1. The van der Waals surface area contributed by atoms with E-state index < -0.39 is 35.3 Å². The Bertz CT molecular complexity index is 671. The molecule has 5 nitrogen and oxygen atoms in total. The fourth-order valence-electron chi connectivity index (χ4n) is 3.54. The summed E-state index contributed by atoms with van der Waals surface area (Å²) in [6.45, 7) is 2.00. The minimum Gasteiger partial charge on any atom is -0.480 e. The molecule has 2 aliphatic rings. The lowest BCUT2D eigenvalue weighted by molar-refractivity contribution is -0.143. The van der Waals surface area contributed by atoms with E-state index in [1.54, 1.807) is 0 Å². The molecular weight excluding hydrogens is 320 g/mol. The van der Waals surface area contributed by atoms with Crippen molar-refractivity contribution in [2.24, 2.45) is 5.92 Å². The van der Waals surface area contributed by atoms with Crippen molar-refractivity contribution in [3.8, 4) is 0 Å². The van der Waals surface area contributed by atoms with Crippen molar-refractivity contribution in [1.29, 1.82) is 0 Å². The fourth-order valence-corrected chi connectivity index (χ4v) is 3.54. The Morgan fingerprint density at radius 3 is 2.50 bits per heavy atom. The summed E-state index contributed by atoms with van der Waals surface area (Å²) in [6, 6.07) is 1.70. The van der Waals surface area contributed by atoms with E-state index in [1.165, 1.54) is 4.90 Å². The van der Waals surface area contributed by atoms with Crippen LogP contribution in [0.2, 0.25) is 0 Å². The van der Waals surface area contributed by atoms with Gasteiger partial charge < -0.3 is 9.84 Å². The van der Waals surface area contributed by atoms with Crippen LogP contribution in [0.15, 0.2) is 18.2 Å². The van der Waals surface area contributed by atoms with E-state index in [0.717, 1.165) is 31.0 Å². The summed E-state index contributed by atoms with van der Waals surface area (Å²) >= 11 is 0. The number of aliphatic carboxylic acids is 1. The molecule has 1 aromatic carbocycles. The summed E-state index contributed by atoms with van der Waals surface area (Å²) in [4.78, 5) is 25.6. The summed E-state index contributed by atoms with van der Waals surface area (Å²) in [6.07, 6.45) is 2.70. The average molecular weight is 339 g/mol. The van der Waals surface area contributed by atoms with Gasteiger partial charge in [-0.25, -0.2) is 13.6 Å². The number of carboxylic acids is 1. The lowest BCUT2D eigenvalue weighted by Crippen LogP contribution is -2.55. The van der Waals surface area contributed by atoms with Crippen molar-refractivity contribution < 1.29 is 28.2 Å². The van der Waals surface area contributed by atoms with Gasteiger partial charge in [0.2, 0.25) is 0 Å². The quantitative estimate of drug-likeness (QED) is 0.900. The number of nitrogens with zero attached hydrogens (tertiary/aromatic N) is 1. The predicted octanol–water partition coefficient (Wildman–Crippen LogP) is 2.80. The predicted molar refractivity (Wildman–Crippen MR) is 80.3 cm³/mol. The van der Waals surface area contributed by atoms with Crippen LogP contribution in [0.25, 0.3) is 0 Å². The van der Waals surface area contributed by atoms with Crippen LogP contribution in [0.1, 0.15) is 43.0 Å². The Labute approximate surface area is 138 Å². The Hall–Kier alpha value is -2.02. The van der Waals surface area contributed by atoms with Gasteiger partial charge in [-0.2, -0.15) is 0 Å². The van der Waals surface area contributed by atoms with Gasteiger partial charge in [-0.1, -0.05) is 6.92 Å². The van der Waals surface area contributed by atoms with Gasteiger partial charge in [-0.05, 0) is 49.8 Å². The lowest BCUT2D eigenvalue weighted by Gasteiger charge is -2.42. The molecule has 1 aromatic rings. The second kappa shape index (κ2) is 6.12. The third kappa shape index (κ3) is 2.77. The number of carbonyl (C=O) groups is 2. The van der Waals surface area contributed by atoms with Gasteiger partial charge in [0.1, 0.15) is 5.72 Å². The van der Waals surface area contributed by atoms with Crippen molar-refractivity contribution in [3.05, 3.63) is 35.4 Å². The Morgan fingerprint density at radius 2 is 1.92 bits per heavy atom. The molecule has 1 aliphatic heterocycles. The summed E-state index contributed by atoms with van der Waals surface area (Å²) in [5.74, 6) is -3.53. The van der Waals surface area contributed by atoms with E-state index in [2.05, 4.69) is 6.92 Å². The van der Waals surface area contributed by atoms with E-state index >= 15 is 0 Å². The van der Waals surface area contributed by atoms with Crippen molar-refractivity contribution >= 4 is 11.9 Å². The second-order valence-corrected chi connectivity index (χ2v) is 6.60. The zero-order valence-electron chi connectivity index (χ0n) is 13.3. The highest BCUT2D eigenvalue weighted by atomic mass is 19.2. The summed E-state index contributed by atoms with van der Waals surface area (Å²) in [7, 11) is 0. The topological polar surface area (TPSA) is 66.8 Å². The molecule has 130 valence electrons. The molecule has 24 heavy (non-hydrogen) atoms. The van der Waals surface area contributed by atoms with Crippen molar-refractivity contribution in [2.75, 3.05) is 6.61 Å². The van der Waals surface area contributed by atoms with Gasteiger partial charge in [-0.15, -0.1) is 0 Å². The number of hydrogen-bond donors (Lipinski definition) is 1. The number of amides is 1. The molecule has 1 aliphatic carbocycles. The van der Waals surface area contributed by atoms with Crippen LogP contribution < -0.4 is 0 Å². The van der Waals surface area contributed by atoms with Gasteiger partial charge in [-0.3, -0.25) is 9.69 Å². The van der Waals surface area contributed by atoms with Gasteiger partial charge in [0.15, 0.2) is 17.7 Å². The standard InChI is InChI=1S/C17H19F2NO4/c1-10-4-6-17(7-5-10)20(14(9-24-17)16(22)23)15(21)11-2-3-12(18)13(19)8-11/h2-3,8,10,14H,4-7,9H2,1H3,(H,22,23). The molecule has 0 radical (unpaired) electrons. The monoisotopic (exact) mass is 339 g/mol. The molecule has 1 saturated heterocycles. The second-order valence-electron chi connectivity index (χ2n) is 6.60. The summed E-state index contributed by atoms with van der Waals surface area (Å²) < 4.78 is 32.4. The van der Waals surface area contributed by atoms with Crippen molar-refractivity contribution in [2.45, 2.75) is 44.4 Å². The molecule has 0 aromatic heterocycles. The van der Waals surface area contributed by atoms with Crippen LogP contribution in [0.5, 0.6) is 0 Å². The average Bonchev–Trinajstić information content (AvgIpc) is 2.92. The minimum atomic E-state index is -1.17. The Kier molecular flexibility index (Phi) is 4.29. The largest absolute Gasteiger partial charge is 0.480 e. The van der Waals surface area contributed by atoms with Crippen LogP contribution in [0, 0.1) is 17.6 Å². The van der Waals surface area contributed by atoms with E-state index in [9.17, 15) is 23.5 Å². The molecule has 2 fully saturated rings. The molecular formula is C17H19F2NO4. The number of carbonyl (C=O) groups excluding carboxylic acids is 1. The number of halogens is 2. The highest BCUT2D eigenvalue weighted by Gasteiger charge is 2.53. The minimum absolute atomic E-state index is 0.0800. The van der Waals surface area contributed by atoms with Crippen molar-refractivity contribution in [1.82, 2.24) is 4.90 Å². The molecule has 1 saturated carbocycles. The molecule has 1 heterocycles. The molecule has 3 rings (SSSR count). The van der Waals surface area contributed by atoms with Crippen LogP contribution in [-0.4, -0.2) is 40.3 Å². The zero-order chi connectivity index (χ0) is 17.5. The zero-order valence-corrected chi connectivity index (χ0v) is 13.3. The molecule has 1 atom stereocenters. The van der Waals surface area contributed by atoms with E-state index in [-0.39, 0.29) is 12.2 Å². The van der Waals surface area contributed by atoms with Crippen LogP contribution in [0.4, 0.5) is 8.78 Å². The number of rotatable bonds is 2. The van der Waals surface area contributed by atoms with Crippen LogP contribution in [-0.2, 0) is 9.53 Å². The third-order valence-electron chi connectivity index (χ3n) is 4.99. The molecule has 1 N–H and O–H groups in total. The fraction of sp³-hybridized carbons (Fsp3) is 0.529. The maximum Gasteiger partial charge on any atom is 0.328 e.